The van der Waals surface area contributed by atoms with Crippen LogP contribution in [0.2, 0.25) is 0 Å². The Morgan fingerprint density at radius 1 is 2.00 bits per heavy atom. The molecule has 0 saturated heterocycles. The molecular weight excluding hydrogens is 144 g/mol. The summed E-state index contributed by atoms with van der Waals surface area (Å²) in [7, 11) is 0. The minimum atomic E-state index is 0.387. The van der Waals surface area contributed by atoms with Gasteiger partial charge in [-0.05, 0) is 0 Å². The highest BCUT2D eigenvalue weighted by molar-refractivity contribution is 9.09. The summed E-state index contributed by atoms with van der Waals surface area (Å²) in [6.45, 7) is 0.861. The molecule has 1 N–H and O–H groups in total. The molecule has 0 radical (unpaired) electrons. The number of nitrogens with one attached hydrogen (secondary N) is 1. The van der Waals surface area contributed by atoms with Gasteiger partial charge in [0.25, 0.3) is 0 Å². The maximum atomic E-state index is 3.88. The molecule has 0 aromatic rings. The van der Waals surface area contributed by atoms with E-state index < -0.39 is 0 Å². The summed E-state index contributed by atoms with van der Waals surface area (Å²) in [5.74, 6) is 0. The van der Waals surface area contributed by atoms with Crippen molar-refractivity contribution in [1.82, 2.24) is 5.32 Å². The van der Waals surface area contributed by atoms with Crippen molar-refractivity contribution in [1.29, 1.82) is 0 Å². The third kappa shape index (κ3) is 0.712. The maximum Gasteiger partial charge on any atom is 0.102 e. The van der Waals surface area contributed by atoms with Crippen LogP contribution in [0.1, 0.15) is 0 Å². The predicted octanol–water partition coefficient (Wildman–Crippen LogP) is 0.339. The van der Waals surface area contributed by atoms with Crippen molar-refractivity contribution in [2.24, 2.45) is 4.99 Å². The molecule has 0 amide bonds. The predicted molar refractivity (Wildman–Crippen MR) is 29.2 cm³/mol. The first kappa shape index (κ1) is 4.12. The number of alkyl halides is 1. The summed E-state index contributed by atoms with van der Waals surface area (Å²) in [6.07, 6.45) is 1.71. The van der Waals surface area contributed by atoms with Crippen LogP contribution >= 0.6 is 15.9 Å². The van der Waals surface area contributed by atoms with E-state index in [1.807, 2.05) is 0 Å². The number of halogens is 1. The number of hydrogen-bond acceptors (Lipinski definition) is 2. The zero-order chi connectivity index (χ0) is 4.41. The van der Waals surface area contributed by atoms with Gasteiger partial charge in [-0.25, -0.2) is 0 Å². The average Bonchev–Trinajstić information content (AvgIpc) is 1.86. The van der Waals surface area contributed by atoms with Gasteiger partial charge < -0.3 is 5.32 Å². The van der Waals surface area contributed by atoms with Gasteiger partial charge in [0.15, 0.2) is 0 Å². The molecule has 0 aromatic carbocycles. The van der Waals surface area contributed by atoms with E-state index in [1.165, 1.54) is 0 Å². The van der Waals surface area contributed by atoms with Crippen molar-refractivity contribution in [3.05, 3.63) is 0 Å². The maximum absolute atomic E-state index is 3.88. The zero-order valence-corrected chi connectivity index (χ0v) is 4.77. The number of aliphatic imine (C=N–C) groups is 1. The topological polar surface area (TPSA) is 24.4 Å². The quantitative estimate of drug-likeness (QED) is 0.389. The monoisotopic (exact) mass is 148 g/mol. The van der Waals surface area contributed by atoms with Crippen LogP contribution in [0.25, 0.3) is 0 Å². The fourth-order valence-corrected chi connectivity index (χ4v) is 0.617. The van der Waals surface area contributed by atoms with Crippen LogP contribution in [0.4, 0.5) is 0 Å². The van der Waals surface area contributed by atoms with Gasteiger partial charge in [0.2, 0.25) is 0 Å². The molecule has 0 aliphatic carbocycles. The molecule has 0 bridgehead atoms. The van der Waals surface area contributed by atoms with E-state index in [4.69, 9.17) is 0 Å². The van der Waals surface area contributed by atoms with Crippen molar-refractivity contribution in [2.45, 2.75) is 4.95 Å². The highest BCUT2D eigenvalue weighted by Crippen LogP contribution is 1.96. The Hall–Kier alpha value is -0.0500. The van der Waals surface area contributed by atoms with Crippen molar-refractivity contribution >= 4 is 22.3 Å². The molecule has 0 saturated carbocycles. The highest BCUT2D eigenvalue weighted by atomic mass is 79.9. The lowest BCUT2D eigenvalue weighted by Crippen LogP contribution is -2.15. The fourth-order valence-electron chi connectivity index (χ4n) is 0.332. The molecule has 1 aliphatic rings. The first-order valence-electron chi connectivity index (χ1n) is 1.78. The first-order valence-corrected chi connectivity index (χ1v) is 2.69. The minimum absolute atomic E-state index is 0.387. The lowest BCUT2D eigenvalue weighted by molar-refractivity contribution is 0.912. The molecule has 3 heteroatoms. The van der Waals surface area contributed by atoms with Crippen molar-refractivity contribution in [3.8, 4) is 0 Å². The largest absolute Gasteiger partial charge is 0.362 e. The van der Waals surface area contributed by atoms with Gasteiger partial charge in [-0.3, -0.25) is 4.99 Å². The van der Waals surface area contributed by atoms with Gasteiger partial charge in [-0.2, -0.15) is 0 Å². The highest BCUT2D eigenvalue weighted by Gasteiger charge is 2.01. The Morgan fingerprint density at radius 2 is 2.83 bits per heavy atom. The Labute approximate surface area is 44.8 Å². The normalized spacial score (nSPS) is 30.5. The first-order chi connectivity index (χ1) is 2.89. The van der Waals surface area contributed by atoms with Gasteiger partial charge in [-0.15, -0.1) is 0 Å². The third-order valence-electron chi connectivity index (χ3n) is 0.612. The molecule has 2 nitrogen and oxygen atoms in total. The Bertz CT molecular complexity index is 63.2. The van der Waals surface area contributed by atoms with E-state index in [2.05, 4.69) is 26.2 Å². The summed E-state index contributed by atoms with van der Waals surface area (Å²) in [6, 6.07) is 0. The van der Waals surface area contributed by atoms with E-state index in [1.54, 1.807) is 6.34 Å². The second kappa shape index (κ2) is 1.60. The average molecular weight is 149 g/mol. The number of nitrogens with zero attached hydrogens (tertiary/aromatic N) is 1. The zero-order valence-electron chi connectivity index (χ0n) is 3.19. The lowest BCUT2D eigenvalue weighted by Gasteiger charge is -1.92. The van der Waals surface area contributed by atoms with Crippen LogP contribution in [-0.4, -0.2) is 17.8 Å². The van der Waals surface area contributed by atoms with Crippen molar-refractivity contribution in [3.63, 3.8) is 0 Å². The molecule has 0 fully saturated rings. The molecule has 1 aliphatic heterocycles. The fraction of sp³-hybridized carbons (Fsp3) is 0.667. The number of rotatable bonds is 0. The SMILES string of the molecule is BrC1CN=CN1. The third-order valence-corrected chi connectivity index (χ3v) is 1.17. The van der Waals surface area contributed by atoms with Gasteiger partial charge >= 0.3 is 0 Å². The second-order valence-corrected chi connectivity index (χ2v) is 2.23. The summed E-state index contributed by atoms with van der Waals surface area (Å²) < 4.78 is 0. The summed E-state index contributed by atoms with van der Waals surface area (Å²) in [4.78, 5) is 4.27. The van der Waals surface area contributed by atoms with E-state index in [0.717, 1.165) is 6.54 Å². The molecular formula is C3H5BrN2. The van der Waals surface area contributed by atoms with E-state index in [0.29, 0.717) is 4.95 Å². The van der Waals surface area contributed by atoms with Gasteiger partial charge in [-0.1, -0.05) is 15.9 Å². The summed E-state index contributed by atoms with van der Waals surface area (Å²) >= 11 is 3.30. The van der Waals surface area contributed by atoms with Crippen LogP contribution < -0.4 is 5.32 Å². The van der Waals surface area contributed by atoms with Crippen LogP contribution in [0.3, 0.4) is 0 Å². The summed E-state index contributed by atoms with van der Waals surface area (Å²) in [5.41, 5.74) is 0. The van der Waals surface area contributed by atoms with Crippen LogP contribution in [0, 0.1) is 0 Å². The van der Waals surface area contributed by atoms with E-state index >= 15 is 0 Å². The lowest BCUT2D eigenvalue weighted by atomic mass is 10.7. The van der Waals surface area contributed by atoms with Crippen molar-refractivity contribution in [2.75, 3.05) is 6.54 Å². The molecule has 1 atom stereocenters. The molecule has 1 rings (SSSR count). The second-order valence-electron chi connectivity index (χ2n) is 1.13. The Balaban J connectivity index is 2.32. The van der Waals surface area contributed by atoms with Crippen LogP contribution in [-0.2, 0) is 0 Å². The molecule has 1 heterocycles. The van der Waals surface area contributed by atoms with Crippen LogP contribution in [0.15, 0.2) is 4.99 Å². The molecule has 34 valence electrons. The molecule has 6 heavy (non-hydrogen) atoms. The van der Waals surface area contributed by atoms with E-state index in [9.17, 15) is 0 Å². The van der Waals surface area contributed by atoms with Gasteiger partial charge in [0.1, 0.15) is 4.95 Å². The number of hydrogen-bond donors (Lipinski definition) is 1. The van der Waals surface area contributed by atoms with Crippen LogP contribution in [0.5, 0.6) is 0 Å². The standard InChI is InChI=1S/C3H5BrN2/c4-3-1-5-2-6-3/h2-3H,1H2,(H,5,6). The smallest absolute Gasteiger partial charge is 0.102 e. The van der Waals surface area contributed by atoms with Crippen molar-refractivity contribution < 1.29 is 0 Å². The van der Waals surface area contributed by atoms with Gasteiger partial charge in [0.05, 0.1) is 12.9 Å². The summed E-state index contributed by atoms with van der Waals surface area (Å²) in [5, 5.41) is 2.94. The van der Waals surface area contributed by atoms with Gasteiger partial charge in [0, 0.05) is 0 Å². The van der Waals surface area contributed by atoms with E-state index in [-0.39, 0.29) is 0 Å². The molecule has 0 aromatic heterocycles. The Kier molecular flexibility index (Phi) is 1.10. The Morgan fingerprint density at radius 3 is 3.00 bits per heavy atom. The minimum Gasteiger partial charge on any atom is -0.362 e. The molecule has 1 unspecified atom stereocenters. The molecule has 0 spiro atoms.